The number of rotatable bonds is 3. The fourth-order valence-electron chi connectivity index (χ4n) is 3.27. The van der Waals surface area contributed by atoms with Crippen LogP contribution in [-0.4, -0.2) is 20.8 Å². The van der Waals surface area contributed by atoms with E-state index in [9.17, 15) is 9.90 Å². The minimum Gasteiger partial charge on any atom is -0.508 e. The number of carbonyl (C=O) groups is 1. The van der Waals surface area contributed by atoms with Gasteiger partial charge in [-0.15, -0.1) is 0 Å². The fraction of sp³-hybridized carbons (Fsp3) is 0.100. The molecule has 5 N–H and O–H groups in total. The predicted octanol–water partition coefficient (Wildman–Crippen LogP) is 3.29. The minimum atomic E-state index is -0.704. The average molecular weight is 362 g/mol. The third-order valence-corrected chi connectivity index (χ3v) is 4.64. The highest BCUT2D eigenvalue weighted by Crippen LogP contribution is 2.35. The number of nitrogens with zero attached hydrogens (tertiary/aromatic N) is 2. The van der Waals surface area contributed by atoms with Gasteiger partial charge in [-0.2, -0.15) is 5.10 Å². The highest BCUT2D eigenvalue weighted by Gasteiger charge is 2.26. The van der Waals surface area contributed by atoms with Gasteiger partial charge in [0.2, 0.25) is 0 Å². The van der Waals surface area contributed by atoms with Crippen molar-refractivity contribution in [3.63, 3.8) is 0 Å². The highest BCUT2D eigenvalue weighted by molar-refractivity contribution is 6.03. The van der Waals surface area contributed by atoms with Crippen molar-refractivity contribution in [1.82, 2.24) is 9.78 Å². The first kappa shape index (κ1) is 16.7. The van der Waals surface area contributed by atoms with Crippen molar-refractivity contribution in [2.45, 2.75) is 13.8 Å². The number of nitrogen functional groups attached to an aromatic ring is 1. The second-order valence-corrected chi connectivity index (χ2v) is 6.41. The first-order valence-corrected chi connectivity index (χ1v) is 8.35. The van der Waals surface area contributed by atoms with Crippen LogP contribution < -0.4 is 11.5 Å². The van der Waals surface area contributed by atoms with E-state index in [1.165, 1.54) is 4.68 Å². The van der Waals surface area contributed by atoms with Crippen LogP contribution in [0, 0.1) is 13.8 Å². The summed E-state index contributed by atoms with van der Waals surface area (Å²) in [6, 6.07) is 12.6. The second-order valence-electron chi connectivity index (χ2n) is 6.41. The Morgan fingerprint density at radius 2 is 1.93 bits per heavy atom. The minimum absolute atomic E-state index is 0.0798. The predicted molar refractivity (Wildman–Crippen MR) is 103 cm³/mol. The normalized spacial score (nSPS) is 11.2. The van der Waals surface area contributed by atoms with Crippen molar-refractivity contribution in [3.8, 4) is 22.9 Å². The number of carbonyl (C=O) groups excluding carboxylic acids is 1. The summed E-state index contributed by atoms with van der Waals surface area (Å²) in [7, 11) is 0. The molecule has 0 bridgehead atoms. The Hall–Kier alpha value is -3.74. The highest BCUT2D eigenvalue weighted by atomic mass is 16.3. The SMILES string of the molecule is Cc1ccc(O)c(C)c1-n1nc(-c2cc3ccccc3o2)c(C(N)=O)c1N. The van der Waals surface area contributed by atoms with Gasteiger partial charge in [0, 0.05) is 10.9 Å². The molecule has 2 aromatic carbocycles. The number of furan rings is 1. The van der Waals surface area contributed by atoms with Crippen LogP contribution in [0.25, 0.3) is 28.1 Å². The summed E-state index contributed by atoms with van der Waals surface area (Å²) in [4.78, 5) is 12.1. The number of anilines is 1. The number of primary amides is 1. The van der Waals surface area contributed by atoms with Crippen molar-refractivity contribution >= 4 is 22.7 Å². The molecule has 2 aromatic heterocycles. The molecule has 0 aliphatic carbocycles. The van der Waals surface area contributed by atoms with Gasteiger partial charge in [-0.05, 0) is 37.6 Å². The zero-order chi connectivity index (χ0) is 19.3. The molecular formula is C20H18N4O3. The molecular weight excluding hydrogens is 344 g/mol. The number of benzene rings is 2. The molecule has 4 rings (SSSR count). The van der Waals surface area contributed by atoms with Crippen molar-refractivity contribution in [2.24, 2.45) is 5.73 Å². The number of hydrogen-bond donors (Lipinski definition) is 3. The van der Waals surface area contributed by atoms with Gasteiger partial charge in [0.15, 0.2) is 5.76 Å². The number of aromatic nitrogens is 2. The lowest BCUT2D eigenvalue weighted by atomic mass is 10.1. The van der Waals surface area contributed by atoms with E-state index in [0.717, 1.165) is 10.9 Å². The fourth-order valence-corrected chi connectivity index (χ4v) is 3.27. The van der Waals surface area contributed by atoms with Crippen LogP contribution in [0.1, 0.15) is 21.5 Å². The smallest absolute Gasteiger partial charge is 0.254 e. The summed E-state index contributed by atoms with van der Waals surface area (Å²) in [6.45, 7) is 3.62. The Morgan fingerprint density at radius 3 is 2.63 bits per heavy atom. The van der Waals surface area contributed by atoms with E-state index in [0.29, 0.717) is 22.6 Å². The molecule has 0 aliphatic rings. The molecule has 136 valence electrons. The van der Waals surface area contributed by atoms with Crippen LogP contribution in [-0.2, 0) is 0 Å². The second kappa shape index (κ2) is 5.91. The van der Waals surface area contributed by atoms with Crippen molar-refractivity contribution < 1.29 is 14.3 Å². The molecule has 0 atom stereocenters. The number of hydrogen-bond acceptors (Lipinski definition) is 5. The maximum absolute atomic E-state index is 12.1. The number of amides is 1. The van der Waals surface area contributed by atoms with E-state index >= 15 is 0 Å². The Morgan fingerprint density at radius 1 is 1.19 bits per heavy atom. The number of aromatic hydroxyl groups is 1. The molecule has 7 heteroatoms. The lowest BCUT2D eigenvalue weighted by molar-refractivity contribution is 0.100. The van der Waals surface area contributed by atoms with Crippen molar-refractivity contribution in [3.05, 3.63) is 59.2 Å². The Labute approximate surface area is 154 Å². The molecule has 2 heterocycles. The first-order chi connectivity index (χ1) is 12.9. The summed E-state index contributed by atoms with van der Waals surface area (Å²) in [5, 5.41) is 15.5. The number of phenols is 1. The third kappa shape index (κ3) is 2.52. The van der Waals surface area contributed by atoms with E-state index in [4.69, 9.17) is 15.9 Å². The molecule has 0 unspecified atom stereocenters. The van der Waals surface area contributed by atoms with Gasteiger partial charge in [-0.25, -0.2) is 4.68 Å². The quantitative estimate of drug-likeness (QED) is 0.516. The zero-order valence-electron chi connectivity index (χ0n) is 14.9. The van der Waals surface area contributed by atoms with E-state index in [1.54, 1.807) is 25.1 Å². The van der Waals surface area contributed by atoms with E-state index in [-0.39, 0.29) is 22.8 Å². The van der Waals surface area contributed by atoms with Crippen LogP contribution in [0.4, 0.5) is 5.82 Å². The number of aryl methyl sites for hydroxylation is 1. The monoisotopic (exact) mass is 362 g/mol. The summed E-state index contributed by atoms with van der Waals surface area (Å²) in [5.41, 5.74) is 14.9. The maximum atomic E-state index is 12.1. The number of phenolic OH excluding ortho intramolecular Hbond substituents is 1. The summed E-state index contributed by atoms with van der Waals surface area (Å²) >= 11 is 0. The zero-order valence-corrected chi connectivity index (χ0v) is 14.9. The van der Waals surface area contributed by atoms with Gasteiger partial charge in [0.25, 0.3) is 5.91 Å². The van der Waals surface area contributed by atoms with Crippen molar-refractivity contribution in [1.29, 1.82) is 0 Å². The van der Waals surface area contributed by atoms with Crippen molar-refractivity contribution in [2.75, 3.05) is 5.73 Å². The number of nitrogens with two attached hydrogens (primary N) is 2. The van der Waals surface area contributed by atoms with Gasteiger partial charge in [0.1, 0.15) is 28.4 Å². The molecule has 0 aliphatic heterocycles. The molecule has 0 saturated carbocycles. The summed E-state index contributed by atoms with van der Waals surface area (Å²) < 4.78 is 7.27. The first-order valence-electron chi connectivity index (χ1n) is 8.35. The average Bonchev–Trinajstić information content (AvgIpc) is 3.20. The van der Waals surface area contributed by atoms with E-state index in [1.807, 2.05) is 31.2 Å². The molecule has 1 amide bonds. The van der Waals surface area contributed by atoms with E-state index in [2.05, 4.69) is 5.10 Å². The Balaban J connectivity index is 2.01. The van der Waals surface area contributed by atoms with Gasteiger partial charge >= 0.3 is 0 Å². The van der Waals surface area contributed by atoms with Gasteiger partial charge < -0.3 is 21.0 Å². The molecule has 0 radical (unpaired) electrons. The van der Waals surface area contributed by atoms with Crippen LogP contribution in [0.2, 0.25) is 0 Å². The standard InChI is InChI=1S/C20H18N4O3/c1-10-7-8-13(25)11(2)18(10)24-19(21)16(20(22)26)17(23-24)15-9-12-5-3-4-6-14(12)27-15/h3-9,25H,21H2,1-2H3,(H2,22,26). The number of para-hydroxylation sites is 1. The summed E-state index contributed by atoms with van der Waals surface area (Å²) in [5.74, 6) is -0.109. The number of fused-ring (bicyclic) bond motifs is 1. The lowest BCUT2D eigenvalue weighted by Crippen LogP contribution is -2.14. The van der Waals surface area contributed by atoms with Gasteiger partial charge in [-0.1, -0.05) is 24.3 Å². The van der Waals surface area contributed by atoms with Crippen LogP contribution in [0.5, 0.6) is 5.75 Å². The summed E-state index contributed by atoms with van der Waals surface area (Å²) in [6.07, 6.45) is 0. The maximum Gasteiger partial charge on any atom is 0.254 e. The molecule has 0 spiro atoms. The lowest BCUT2D eigenvalue weighted by Gasteiger charge is -2.12. The molecule has 7 nitrogen and oxygen atoms in total. The van der Waals surface area contributed by atoms with Gasteiger partial charge in [-0.3, -0.25) is 4.79 Å². The molecule has 27 heavy (non-hydrogen) atoms. The largest absolute Gasteiger partial charge is 0.508 e. The third-order valence-electron chi connectivity index (χ3n) is 4.64. The molecule has 4 aromatic rings. The van der Waals surface area contributed by atoms with E-state index < -0.39 is 5.91 Å². The Bertz CT molecular complexity index is 1170. The topological polar surface area (TPSA) is 120 Å². The Kier molecular flexibility index (Phi) is 3.66. The molecule has 0 saturated heterocycles. The van der Waals surface area contributed by atoms with Gasteiger partial charge in [0.05, 0.1) is 5.69 Å². The van der Waals surface area contributed by atoms with Crippen LogP contribution >= 0.6 is 0 Å². The molecule has 0 fully saturated rings. The van der Waals surface area contributed by atoms with Crippen LogP contribution in [0.15, 0.2) is 46.9 Å². The van der Waals surface area contributed by atoms with Crippen LogP contribution in [0.3, 0.4) is 0 Å².